The highest BCUT2D eigenvalue weighted by Gasteiger charge is 2.88. The van der Waals surface area contributed by atoms with E-state index in [1.165, 1.54) is 35.5 Å². The SMILES string of the molecule is C1CC2CC1C1C3CCC4C3C241. The van der Waals surface area contributed by atoms with Crippen molar-refractivity contribution in [1.29, 1.82) is 0 Å². The summed E-state index contributed by atoms with van der Waals surface area (Å²) >= 11 is 0. The van der Waals surface area contributed by atoms with Crippen LogP contribution in [-0.2, 0) is 0 Å². The molecule has 1 spiro atoms. The first-order chi connectivity index (χ1) is 5.94. The van der Waals surface area contributed by atoms with Gasteiger partial charge in [0.2, 0.25) is 0 Å². The average molecular weight is 160 g/mol. The van der Waals surface area contributed by atoms with Crippen LogP contribution in [0.15, 0.2) is 0 Å². The lowest BCUT2D eigenvalue weighted by atomic mass is 9.56. The van der Waals surface area contributed by atoms with E-state index >= 15 is 0 Å². The molecule has 0 heteroatoms. The molecule has 0 aliphatic heterocycles. The molecule has 2 bridgehead atoms. The van der Waals surface area contributed by atoms with Crippen LogP contribution in [-0.4, -0.2) is 0 Å². The van der Waals surface area contributed by atoms with Crippen molar-refractivity contribution in [1.82, 2.24) is 0 Å². The Bertz CT molecular complexity index is 265. The first kappa shape index (κ1) is 5.67. The lowest BCUT2D eigenvalue weighted by Crippen LogP contribution is -2.44. The van der Waals surface area contributed by atoms with Crippen LogP contribution in [0.3, 0.4) is 0 Å². The summed E-state index contributed by atoms with van der Waals surface area (Å²) in [4.78, 5) is 0. The van der Waals surface area contributed by atoms with Gasteiger partial charge in [-0.25, -0.2) is 0 Å². The second-order valence-corrected chi connectivity index (χ2v) is 6.17. The Kier molecular flexibility index (Phi) is 0.618. The molecule has 5 saturated carbocycles. The maximum Gasteiger partial charge on any atom is -0.0170 e. The summed E-state index contributed by atoms with van der Waals surface area (Å²) in [5, 5.41) is 0. The molecule has 0 radical (unpaired) electrons. The molecular formula is C12H16. The fourth-order valence-corrected chi connectivity index (χ4v) is 6.71. The highest BCUT2D eigenvalue weighted by atomic mass is 14.9. The molecular weight excluding hydrogens is 144 g/mol. The number of hydrogen-bond donors (Lipinski definition) is 0. The van der Waals surface area contributed by atoms with Gasteiger partial charge in [0.05, 0.1) is 0 Å². The fourth-order valence-electron chi connectivity index (χ4n) is 6.71. The molecule has 0 aromatic carbocycles. The van der Waals surface area contributed by atoms with Gasteiger partial charge in [0.1, 0.15) is 0 Å². The Labute approximate surface area is 73.7 Å². The first-order valence-corrected chi connectivity index (χ1v) is 5.94. The normalized spacial score (nSPS) is 80.0. The third-order valence-electron chi connectivity index (χ3n) is 6.54. The van der Waals surface area contributed by atoms with E-state index in [1.54, 1.807) is 32.1 Å². The highest BCUT2D eigenvalue weighted by Crippen LogP contribution is 2.93. The van der Waals surface area contributed by atoms with E-state index in [2.05, 4.69) is 0 Å². The van der Waals surface area contributed by atoms with E-state index < -0.39 is 0 Å². The van der Waals surface area contributed by atoms with Crippen LogP contribution in [0, 0.1) is 40.9 Å². The molecule has 0 saturated heterocycles. The summed E-state index contributed by atoms with van der Waals surface area (Å²) in [5.74, 6) is 7.55. The molecule has 5 aliphatic rings. The lowest BCUT2D eigenvalue weighted by molar-refractivity contribution is -0.0127. The molecule has 5 aliphatic carbocycles. The maximum atomic E-state index is 1.66. The Morgan fingerprint density at radius 1 is 0.917 bits per heavy atom. The van der Waals surface area contributed by atoms with Gasteiger partial charge in [-0.05, 0) is 73.0 Å². The predicted molar refractivity (Wildman–Crippen MR) is 46.5 cm³/mol. The predicted octanol–water partition coefficient (Wildman–Crippen LogP) is 2.69. The van der Waals surface area contributed by atoms with Gasteiger partial charge in [0.15, 0.2) is 0 Å². The quantitative estimate of drug-likeness (QED) is 0.511. The third-order valence-corrected chi connectivity index (χ3v) is 6.54. The smallest absolute Gasteiger partial charge is 0.0170 e. The van der Waals surface area contributed by atoms with Crippen LogP contribution in [0.4, 0.5) is 0 Å². The zero-order valence-corrected chi connectivity index (χ0v) is 7.50. The molecule has 7 atom stereocenters. The molecule has 12 heavy (non-hydrogen) atoms. The van der Waals surface area contributed by atoms with Crippen molar-refractivity contribution in [3.8, 4) is 0 Å². The van der Waals surface area contributed by atoms with E-state index in [9.17, 15) is 0 Å². The summed E-state index contributed by atoms with van der Waals surface area (Å²) in [7, 11) is 0. The van der Waals surface area contributed by atoms with Crippen LogP contribution in [0.1, 0.15) is 32.1 Å². The van der Waals surface area contributed by atoms with Gasteiger partial charge in [-0.3, -0.25) is 0 Å². The van der Waals surface area contributed by atoms with Crippen LogP contribution in [0.5, 0.6) is 0 Å². The van der Waals surface area contributed by atoms with E-state index in [0.29, 0.717) is 0 Å². The molecule has 0 amide bonds. The number of fused-ring (bicyclic) bond motifs is 4. The zero-order chi connectivity index (χ0) is 7.50. The zero-order valence-electron chi connectivity index (χ0n) is 7.50. The third kappa shape index (κ3) is 0.300. The lowest BCUT2D eigenvalue weighted by Gasteiger charge is -2.49. The molecule has 5 rings (SSSR count). The van der Waals surface area contributed by atoms with Gasteiger partial charge in [0.25, 0.3) is 0 Å². The number of rotatable bonds is 0. The Hall–Kier alpha value is 0. The molecule has 0 aromatic heterocycles. The second kappa shape index (κ2) is 1.31. The summed E-state index contributed by atoms with van der Waals surface area (Å²) in [6.07, 6.45) is 8.17. The van der Waals surface area contributed by atoms with Crippen molar-refractivity contribution < 1.29 is 0 Å². The second-order valence-electron chi connectivity index (χ2n) is 6.17. The minimum atomic E-state index is 1.03. The fraction of sp³-hybridized carbons (Fsp3) is 1.00. The van der Waals surface area contributed by atoms with Gasteiger partial charge in [0, 0.05) is 0 Å². The summed E-state index contributed by atoms with van der Waals surface area (Å²) < 4.78 is 0. The van der Waals surface area contributed by atoms with Gasteiger partial charge in [-0.1, -0.05) is 0 Å². The largest absolute Gasteiger partial charge is 0.0499 e. The Morgan fingerprint density at radius 3 is 2.75 bits per heavy atom. The van der Waals surface area contributed by atoms with E-state index in [1.807, 2.05) is 0 Å². The Morgan fingerprint density at radius 2 is 1.92 bits per heavy atom. The van der Waals surface area contributed by atoms with Gasteiger partial charge in [-0.15, -0.1) is 0 Å². The molecule has 0 heterocycles. The van der Waals surface area contributed by atoms with Crippen LogP contribution in [0.2, 0.25) is 0 Å². The van der Waals surface area contributed by atoms with Crippen molar-refractivity contribution >= 4 is 0 Å². The van der Waals surface area contributed by atoms with E-state index in [4.69, 9.17) is 0 Å². The van der Waals surface area contributed by atoms with Crippen LogP contribution >= 0.6 is 0 Å². The summed E-state index contributed by atoms with van der Waals surface area (Å²) in [6.45, 7) is 0. The molecule has 0 nitrogen and oxygen atoms in total. The standard InChI is InChI=1S/C12H16/c1-2-7-5-6(1)10-8-3-4-9-11(8)12(7,9)10/h6-11H,1-5H2. The maximum absolute atomic E-state index is 1.66. The van der Waals surface area contributed by atoms with Crippen molar-refractivity contribution in [2.75, 3.05) is 0 Å². The van der Waals surface area contributed by atoms with E-state index in [-0.39, 0.29) is 0 Å². The summed E-state index contributed by atoms with van der Waals surface area (Å²) in [5.41, 5.74) is 1.03. The summed E-state index contributed by atoms with van der Waals surface area (Å²) in [6, 6.07) is 0. The minimum Gasteiger partial charge on any atom is -0.0499 e. The van der Waals surface area contributed by atoms with Crippen molar-refractivity contribution in [3.05, 3.63) is 0 Å². The van der Waals surface area contributed by atoms with Gasteiger partial charge >= 0.3 is 0 Å². The van der Waals surface area contributed by atoms with Crippen molar-refractivity contribution in [2.45, 2.75) is 32.1 Å². The average Bonchev–Trinajstić information content (AvgIpc) is 2.50. The minimum absolute atomic E-state index is 1.03. The van der Waals surface area contributed by atoms with Crippen molar-refractivity contribution in [3.63, 3.8) is 0 Å². The number of hydrogen-bond acceptors (Lipinski definition) is 0. The van der Waals surface area contributed by atoms with Gasteiger partial charge < -0.3 is 0 Å². The van der Waals surface area contributed by atoms with Crippen LogP contribution < -0.4 is 0 Å². The van der Waals surface area contributed by atoms with Crippen molar-refractivity contribution in [2.24, 2.45) is 40.9 Å². The molecule has 64 valence electrons. The topological polar surface area (TPSA) is 0 Å². The Balaban J connectivity index is 1.74. The van der Waals surface area contributed by atoms with Crippen LogP contribution in [0.25, 0.3) is 0 Å². The van der Waals surface area contributed by atoms with E-state index in [0.717, 1.165) is 5.41 Å². The first-order valence-electron chi connectivity index (χ1n) is 5.94. The monoisotopic (exact) mass is 160 g/mol. The molecule has 5 fully saturated rings. The highest BCUT2D eigenvalue weighted by molar-refractivity contribution is 5.35. The molecule has 0 N–H and O–H groups in total. The molecule has 0 aromatic rings. The molecule has 7 unspecified atom stereocenters. The van der Waals surface area contributed by atoms with Gasteiger partial charge in [-0.2, -0.15) is 0 Å².